The van der Waals surface area contributed by atoms with Crippen LogP contribution in [0.1, 0.15) is 148 Å². The fourth-order valence-corrected chi connectivity index (χ4v) is 8.29. The largest absolute Gasteiger partial charge is 0.341 e. The standard InChI is InChI=1S/C35H68N8/c1-15-17-19-41(20-18-16-2)29-36-30(42(25(3)4)27-21-32(7,8)39-33(9,10)22-27)38-31(37-29)43(26(5)6)28-23-34(11,12)40-35(13,14)24-28/h25-28,39-40H,15-24H2,1-14H3. The molecular formula is C35H68N8. The molecule has 1 aromatic heterocycles. The van der Waals surface area contributed by atoms with Gasteiger partial charge in [-0.2, -0.15) is 15.0 Å². The van der Waals surface area contributed by atoms with Crippen LogP contribution in [0.15, 0.2) is 0 Å². The predicted octanol–water partition coefficient (Wildman–Crippen LogP) is 7.33. The minimum atomic E-state index is 0.0305. The second-order valence-corrected chi connectivity index (χ2v) is 16.8. The van der Waals surface area contributed by atoms with Crippen molar-refractivity contribution in [1.82, 2.24) is 25.6 Å². The Balaban J connectivity index is 2.21. The van der Waals surface area contributed by atoms with Crippen LogP contribution in [0.2, 0.25) is 0 Å². The summed E-state index contributed by atoms with van der Waals surface area (Å²) in [7, 11) is 0. The molecule has 8 heteroatoms. The van der Waals surface area contributed by atoms with Gasteiger partial charge in [0.2, 0.25) is 17.8 Å². The zero-order chi connectivity index (χ0) is 32.4. The number of nitrogens with zero attached hydrogens (tertiary/aromatic N) is 6. The Labute approximate surface area is 265 Å². The molecule has 0 saturated carbocycles. The zero-order valence-corrected chi connectivity index (χ0v) is 30.6. The van der Waals surface area contributed by atoms with Crippen LogP contribution in [0.25, 0.3) is 0 Å². The summed E-state index contributed by atoms with van der Waals surface area (Å²) in [5.41, 5.74) is 0.122. The number of anilines is 3. The van der Waals surface area contributed by atoms with E-state index in [0.29, 0.717) is 12.1 Å². The van der Waals surface area contributed by atoms with Gasteiger partial charge in [-0.1, -0.05) is 26.7 Å². The van der Waals surface area contributed by atoms with E-state index in [-0.39, 0.29) is 34.2 Å². The van der Waals surface area contributed by atoms with Gasteiger partial charge < -0.3 is 25.3 Å². The molecule has 0 aliphatic carbocycles. The van der Waals surface area contributed by atoms with Crippen molar-refractivity contribution in [2.45, 2.75) is 195 Å². The monoisotopic (exact) mass is 601 g/mol. The van der Waals surface area contributed by atoms with Crippen molar-refractivity contribution in [2.24, 2.45) is 0 Å². The summed E-state index contributed by atoms with van der Waals surface area (Å²) in [5, 5.41) is 7.77. The minimum absolute atomic E-state index is 0.0305. The molecular weight excluding hydrogens is 532 g/mol. The van der Waals surface area contributed by atoms with E-state index in [2.05, 4.69) is 122 Å². The number of hydrogen-bond acceptors (Lipinski definition) is 8. The molecule has 2 aliphatic heterocycles. The van der Waals surface area contributed by atoms with Crippen molar-refractivity contribution in [3.05, 3.63) is 0 Å². The Bertz CT molecular complexity index is 922. The molecule has 0 spiro atoms. The Morgan fingerprint density at radius 3 is 1.16 bits per heavy atom. The first-order valence-corrected chi connectivity index (χ1v) is 17.4. The van der Waals surface area contributed by atoms with E-state index in [0.717, 1.165) is 82.3 Å². The number of hydrogen-bond donors (Lipinski definition) is 2. The van der Waals surface area contributed by atoms with Gasteiger partial charge in [0.15, 0.2) is 0 Å². The molecule has 248 valence electrons. The third kappa shape index (κ3) is 9.66. The topological polar surface area (TPSA) is 72.5 Å². The van der Waals surface area contributed by atoms with Gasteiger partial charge in [0.25, 0.3) is 0 Å². The lowest BCUT2D eigenvalue weighted by molar-refractivity contribution is 0.154. The van der Waals surface area contributed by atoms with Crippen LogP contribution in [0.3, 0.4) is 0 Å². The van der Waals surface area contributed by atoms with Crippen molar-refractivity contribution in [2.75, 3.05) is 27.8 Å². The van der Waals surface area contributed by atoms with E-state index in [1.54, 1.807) is 0 Å². The molecule has 43 heavy (non-hydrogen) atoms. The van der Waals surface area contributed by atoms with Crippen LogP contribution >= 0.6 is 0 Å². The highest BCUT2D eigenvalue weighted by Crippen LogP contribution is 2.37. The van der Waals surface area contributed by atoms with E-state index in [1.807, 2.05) is 0 Å². The summed E-state index contributed by atoms with van der Waals surface area (Å²) in [6.07, 6.45) is 8.76. The van der Waals surface area contributed by atoms with Crippen LogP contribution < -0.4 is 25.3 Å². The van der Waals surface area contributed by atoms with Gasteiger partial charge >= 0.3 is 0 Å². The zero-order valence-electron chi connectivity index (χ0n) is 30.6. The van der Waals surface area contributed by atoms with E-state index >= 15 is 0 Å². The molecule has 0 amide bonds. The minimum Gasteiger partial charge on any atom is -0.341 e. The van der Waals surface area contributed by atoms with Gasteiger partial charge in [-0.05, 0) is 122 Å². The van der Waals surface area contributed by atoms with Gasteiger partial charge in [0.1, 0.15) is 0 Å². The van der Waals surface area contributed by atoms with Gasteiger partial charge in [0, 0.05) is 59.4 Å². The van der Waals surface area contributed by atoms with Crippen molar-refractivity contribution >= 4 is 17.8 Å². The van der Waals surface area contributed by atoms with Gasteiger partial charge in [-0.3, -0.25) is 0 Å². The molecule has 0 radical (unpaired) electrons. The molecule has 0 aromatic carbocycles. The second kappa shape index (κ2) is 13.8. The number of aromatic nitrogens is 3. The lowest BCUT2D eigenvalue weighted by Crippen LogP contribution is -2.63. The quantitative estimate of drug-likeness (QED) is 0.244. The molecule has 3 heterocycles. The molecule has 2 saturated heterocycles. The highest BCUT2D eigenvalue weighted by molar-refractivity contribution is 5.49. The maximum Gasteiger partial charge on any atom is 0.232 e. The van der Waals surface area contributed by atoms with Gasteiger partial charge in [0.05, 0.1) is 0 Å². The lowest BCUT2D eigenvalue weighted by atomic mass is 9.78. The number of nitrogens with one attached hydrogen (secondary N) is 2. The van der Waals surface area contributed by atoms with Crippen LogP contribution in [0.5, 0.6) is 0 Å². The summed E-state index contributed by atoms with van der Waals surface area (Å²) in [5.74, 6) is 2.52. The fourth-order valence-electron chi connectivity index (χ4n) is 8.29. The smallest absolute Gasteiger partial charge is 0.232 e. The molecule has 0 unspecified atom stereocenters. The van der Waals surface area contributed by atoms with Crippen molar-refractivity contribution in [3.8, 4) is 0 Å². The Hall–Kier alpha value is -1.67. The van der Waals surface area contributed by atoms with Crippen molar-refractivity contribution < 1.29 is 0 Å². The molecule has 2 fully saturated rings. The predicted molar refractivity (Wildman–Crippen MR) is 186 cm³/mol. The first-order chi connectivity index (χ1) is 19.8. The van der Waals surface area contributed by atoms with Crippen LogP contribution in [-0.4, -0.2) is 74.4 Å². The second-order valence-electron chi connectivity index (χ2n) is 16.8. The summed E-state index contributed by atoms with van der Waals surface area (Å²) < 4.78 is 0. The maximum absolute atomic E-state index is 5.42. The SMILES string of the molecule is CCCCN(CCCC)c1nc(N(C(C)C)C2CC(C)(C)NC(C)(C)C2)nc(N(C(C)C)C2CC(C)(C)NC(C)(C)C2)n1. The van der Waals surface area contributed by atoms with E-state index in [1.165, 1.54) is 0 Å². The maximum atomic E-state index is 5.42. The van der Waals surface area contributed by atoms with Crippen LogP contribution in [0.4, 0.5) is 17.8 Å². The van der Waals surface area contributed by atoms with Crippen LogP contribution in [-0.2, 0) is 0 Å². The van der Waals surface area contributed by atoms with E-state index in [9.17, 15) is 0 Å². The average molecular weight is 601 g/mol. The fraction of sp³-hybridized carbons (Fsp3) is 0.914. The van der Waals surface area contributed by atoms with Gasteiger partial charge in [-0.15, -0.1) is 0 Å². The first kappa shape index (κ1) is 35.8. The summed E-state index contributed by atoms with van der Waals surface area (Å²) in [6.45, 7) is 34.4. The summed E-state index contributed by atoms with van der Waals surface area (Å²) in [4.78, 5) is 23.6. The summed E-state index contributed by atoms with van der Waals surface area (Å²) in [6, 6.07) is 1.19. The molecule has 3 rings (SSSR count). The molecule has 8 nitrogen and oxygen atoms in total. The van der Waals surface area contributed by atoms with Crippen molar-refractivity contribution in [1.29, 1.82) is 0 Å². The lowest BCUT2D eigenvalue weighted by Gasteiger charge is -2.51. The van der Waals surface area contributed by atoms with E-state index in [4.69, 9.17) is 15.0 Å². The molecule has 1 aromatic rings. The molecule has 0 atom stereocenters. The number of unbranched alkanes of at least 4 members (excludes halogenated alkanes) is 2. The number of rotatable bonds is 13. The Morgan fingerprint density at radius 1 is 0.581 bits per heavy atom. The average Bonchev–Trinajstić information content (AvgIpc) is 2.80. The third-order valence-electron chi connectivity index (χ3n) is 9.14. The number of piperidine rings is 2. The van der Waals surface area contributed by atoms with E-state index < -0.39 is 0 Å². The molecule has 0 bridgehead atoms. The molecule has 2 aliphatic rings. The third-order valence-corrected chi connectivity index (χ3v) is 9.14. The Morgan fingerprint density at radius 2 is 0.884 bits per heavy atom. The normalized spacial score (nSPS) is 21.8. The van der Waals surface area contributed by atoms with Gasteiger partial charge in [-0.25, -0.2) is 0 Å². The first-order valence-electron chi connectivity index (χ1n) is 17.4. The van der Waals surface area contributed by atoms with Crippen LogP contribution in [0, 0.1) is 0 Å². The molecule has 2 N–H and O–H groups in total. The Kier molecular flexibility index (Phi) is 11.5. The van der Waals surface area contributed by atoms with Crippen molar-refractivity contribution in [3.63, 3.8) is 0 Å². The highest BCUT2D eigenvalue weighted by Gasteiger charge is 2.44. The summed E-state index contributed by atoms with van der Waals surface area (Å²) >= 11 is 0. The highest BCUT2D eigenvalue weighted by atomic mass is 15.4.